The zero-order valence-corrected chi connectivity index (χ0v) is 13.9. The second-order valence-electron chi connectivity index (χ2n) is 5.11. The lowest BCUT2D eigenvalue weighted by Gasteiger charge is -2.08. The molecule has 2 aromatic heterocycles. The molecule has 1 aromatic carbocycles. The van der Waals surface area contributed by atoms with Gasteiger partial charge in [-0.1, -0.05) is 18.5 Å². The van der Waals surface area contributed by atoms with Gasteiger partial charge < -0.3 is 10.1 Å². The summed E-state index contributed by atoms with van der Waals surface area (Å²) in [5.74, 6) is -0.310. The largest absolute Gasteiger partial charge is 0.493 e. The molecule has 24 heavy (non-hydrogen) atoms. The van der Waals surface area contributed by atoms with E-state index in [1.807, 2.05) is 6.92 Å². The van der Waals surface area contributed by atoms with Crippen molar-refractivity contribution in [2.75, 3.05) is 12.4 Å². The van der Waals surface area contributed by atoms with Gasteiger partial charge in [-0.15, -0.1) is 0 Å². The van der Waals surface area contributed by atoms with Crippen molar-refractivity contribution in [1.82, 2.24) is 9.38 Å². The predicted molar refractivity (Wildman–Crippen MR) is 90.5 cm³/mol. The lowest BCUT2D eigenvalue weighted by Crippen LogP contribution is -2.16. The average Bonchev–Trinajstić information content (AvgIpc) is 2.96. The Morgan fingerprint density at radius 2 is 2.21 bits per heavy atom. The quantitative estimate of drug-likeness (QED) is 0.777. The number of anilines is 1. The van der Waals surface area contributed by atoms with Crippen molar-refractivity contribution in [3.63, 3.8) is 0 Å². The lowest BCUT2D eigenvalue weighted by atomic mass is 10.2. The summed E-state index contributed by atoms with van der Waals surface area (Å²) >= 11 is 5.75. The minimum Gasteiger partial charge on any atom is -0.493 e. The number of imidazole rings is 1. The number of rotatable bonds is 4. The number of amides is 1. The number of carbonyl (C=O) groups is 1. The number of hydrogen-bond donors (Lipinski definition) is 1. The number of fused-ring (bicyclic) bond motifs is 1. The molecule has 0 saturated heterocycles. The first kappa shape index (κ1) is 16.3. The van der Waals surface area contributed by atoms with Crippen molar-refractivity contribution in [2.45, 2.75) is 13.3 Å². The van der Waals surface area contributed by atoms with Crippen molar-refractivity contribution >= 4 is 28.8 Å². The van der Waals surface area contributed by atoms with E-state index in [0.717, 1.165) is 0 Å². The number of hydrogen-bond acceptors (Lipinski definition) is 3. The van der Waals surface area contributed by atoms with Crippen molar-refractivity contribution in [1.29, 1.82) is 0 Å². The maximum atomic E-state index is 13.2. The molecule has 2 heterocycles. The Hall–Kier alpha value is -2.60. The number of benzene rings is 1. The standard InChI is InChI=1S/C17H15ClFN3O2/c1-3-13-15(22-8-4-5-14(24-2)16(22)21-13)17(23)20-10-6-7-12(19)11(18)9-10/h4-9H,3H2,1-2H3,(H,20,23). The molecule has 124 valence electrons. The smallest absolute Gasteiger partial charge is 0.274 e. The molecule has 0 unspecified atom stereocenters. The molecule has 3 rings (SSSR count). The third kappa shape index (κ3) is 2.80. The number of nitrogens with one attached hydrogen (secondary N) is 1. The Kier molecular flexibility index (Phi) is 4.40. The normalized spacial score (nSPS) is 10.8. The lowest BCUT2D eigenvalue weighted by molar-refractivity contribution is 0.102. The van der Waals surface area contributed by atoms with E-state index in [-0.39, 0.29) is 10.9 Å². The highest BCUT2D eigenvalue weighted by Crippen LogP contribution is 2.24. The molecule has 0 aliphatic rings. The third-order valence-corrected chi connectivity index (χ3v) is 3.92. The van der Waals surface area contributed by atoms with Gasteiger partial charge in [0, 0.05) is 11.9 Å². The first-order chi connectivity index (χ1) is 11.5. The minimum absolute atomic E-state index is 0.0525. The van der Waals surface area contributed by atoms with Gasteiger partial charge in [-0.2, -0.15) is 0 Å². The van der Waals surface area contributed by atoms with Gasteiger partial charge in [0.05, 0.1) is 17.8 Å². The van der Waals surface area contributed by atoms with E-state index in [4.69, 9.17) is 16.3 Å². The molecule has 0 saturated carbocycles. The second kappa shape index (κ2) is 6.49. The van der Waals surface area contributed by atoms with Crippen LogP contribution < -0.4 is 10.1 Å². The van der Waals surface area contributed by atoms with Crippen LogP contribution in [0.1, 0.15) is 23.1 Å². The van der Waals surface area contributed by atoms with Crippen LogP contribution in [-0.4, -0.2) is 22.4 Å². The van der Waals surface area contributed by atoms with Gasteiger partial charge in [0.1, 0.15) is 11.5 Å². The number of halogens is 2. The van der Waals surface area contributed by atoms with Crippen molar-refractivity contribution in [3.8, 4) is 5.75 Å². The summed E-state index contributed by atoms with van der Waals surface area (Å²) < 4.78 is 20.2. The van der Waals surface area contributed by atoms with E-state index in [2.05, 4.69) is 10.3 Å². The molecular weight excluding hydrogens is 333 g/mol. The highest BCUT2D eigenvalue weighted by molar-refractivity contribution is 6.31. The molecule has 1 N–H and O–H groups in total. The van der Waals surface area contributed by atoms with E-state index >= 15 is 0 Å². The Labute approximate surface area is 143 Å². The highest BCUT2D eigenvalue weighted by Gasteiger charge is 2.20. The molecule has 3 aromatic rings. The highest BCUT2D eigenvalue weighted by atomic mass is 35.5. The summed E-state index contributed by atoms with van der Waals surface area (Å²) in [7, 11) is 1.55. The summed E-state index contributed by atoms with van der Waals surface area (Å²) in [4.78, 5) is 17.2. The van der Waals surface area contributed by atoms with Gasteiger partial charge in [-0.3, -0.25) is 9.20 Å². The first-order valence-electron chi connectivity index (χ1n) is 7.35. The molecule has 0 bridgehead atoms. The zero-order valence-electron chi connectivity index (χ0n) is 13.1. The fourth-order valence-corrected chi connectivity index (χ4v) is 2.68. The van der Waals surface area contributed by atoms with Crippen LogP contribution >= 0.6 is 11.6 Å². The maximum Gasteiger partial charge on any atom is 0.274 e. The van der Waals surface area contributed by atoms with Crippen LogP contribution in [0.25, 0.3) is 5.65 Å². The van der Waals surface area contributed by atoms with Crippen LogP contribution in [0, 0.1) is 5.82 Å². The molecule has 7 heteroatoms. The van der Waals surface area contributed by atoms with Gasteiger partial charge in [0.15, 0.2) is 11.4 Å². The van der Waals surface area contributed by atoms with Crippen molar-refractivity contribution < 1.29 is 13.9 Å². The van der Waals surface area contributed by atoms with Crippen LogP contribution in [0.15, 0.2) is 36.5 Å². The topological polar surface area (TPSA) is 55.6 Å². The van der Waals surface area contributed by atoms with Crippen molar-refractivity contribution in [2.24, 2.45) is 0 Å². The van der Waals surface area contributed by atoms with Crippen LogP contribution in [0.4, 0.5) is 10.1 Å². The monoisotopic (exact) mass is 347 g/mol. The molecule has 0 atom stereocenters. The van der Waals surface area contributed by atoms with Crippen LogP contribution in [0.3, 0.4) is 0 Å². The second-order valence-corrected chi connectivity index (χ2v) is 5.52. The first-order valence-corrected chi connectivity index (χ1v) is 7.73. The number of nitrogens with zero attached hydrogens (tertiary/aromatic N) is 2. The molecule has 5 nitrogen and oxygen atoms in total. The maximum absolute atomic E-state index is 13.2. The van der Waals surface area contributed by atoms with Crippen LogP contribution in [0.5, 0.6) is 5.75 Å². The SMILES string of the molecule is CCc1nc2c(OC)cccn2c1C(=O)Nc1ccc(F)c(Cl)c1. The Balaban J connectivity index is 2.04. The van der Waals surface area contributed by atoms with Crippen LogP contribution in [0.2, 0.25) is 5.02 Å². The summed E-state index contributed by atoms with van der Waals surface area (Å²) in [5, 5.41) is 2.67. The molecule has 1 amide bonds. The van der Waals surface area contributed by atoms with Gasteiger partial charge in [0.2, 0.25) is 0 Å². The summed E-state index contributed by atoms with van der Waals surface area (Å²) in [6.45, 7) is 1.92. The minimum atomic E-state index is -0.538. The van der Waals surface area contributed by atoms with E-state index in [1.54, 1.807) is 29.8 Å². The van der Waals surface area contributed by atoms with E-state index in [0.29, 0.717) is 34.9 Å². The fraction of sp³-hybridized carbons (Fsp3) is 0.176. The van der Waals surface area contributed by atoms with Gasteiger partial charge in [-0.25, -0.2) is 9.37 Å². The van der Waals surface area contributed by atoms with Gasteiger partial charge >= 0.3 is 0 Å². The average molecular weight is 348 g/mol. The molecule has 0 fully saturated rings. The number of carbonyl (C=O) groups excluding carboxylic acids is 1. The number of aryl methyl sites for hydroxylation is 1. The van der Waals surface area contributed by atoms with Gasteiger partial charge in [0.25, 0.3) is 5.91 Å². The Morgan fingerprint density at radius 1 is 1.42 bits per heavy atom. The Bertz CT molecular complexity index is 924. The van der Waals surface area contributed by atoms with Gasteiger partial charge in [-0.05, 0) is 36.8 Å². The third-order valence-electron chi connectivity index (χ3n) is 3.63. The molecular formula is C17H15ClFN3O2. The molecule has 0 radical (unpaired) electrons. The summed E-state index contributed by atoms with van der Waals surface area (Å²) in [6.07, 6.45) is 2.33. The van der Waals surface area contributed by atoms with E-state index < -0.39 is 5.82 Å². The number of ether oxygens (including phenoxy) is 1. The van der Waals surface area contributed by atoms with Crippen molar-refractivity contribution in [3.05, 3.63) is 58.8 Å². The molecule has 0 spiro atoms. The molecule has 0 aliphatic heterocycles. The summed E-state index contributed by atoms with van der Waals surface area (Å²) in [5.41, 5.74) is 2.03. The number of pyridine rings is 1. The molecule has 0 aliphatic carbocycles. The van der Waals surface area contributed by atoms with Crippen LogP contribution in [-0.2, 0) is 6.42 Å². The Morgan fingerprint density at radius 3 is 2.88 bits per heavy atom. The fourth-order valence-electron chi connectivity index (χ4n) is 2.50. The number of methoxy groups -OCH3 is 1. The summed E-state index contributed by atoms with van der Waals surface area (Å²) in [6, 6.07) is 7.58. The van der Waals surface area contributed by atoms with E-state index in [9.17, 15) is 9.18 Å². The number of aromatic nitrogens is 2. The van der Waals surface area contributed by atoms with E-state index in [1.165, 1.54) is 18.2 Å². The predicted octanol–water partition coefficient (Wildman–Crippen LogP) is 3.95. The zero-order chi connectivity index (χ0) is 17.3.